The summed E-state index contributed by atoms with van der Waals surface area (Å²) in [6.07, 6.45) is 0. The number of carbonyl (C=O) groups is 1. The quantitative estimate of drug-likeness (QED) is 0.611. The van der Waals surface area contributed by atoms with Crippen LogP contribution in [0.2, 0.25) is 0 Å². The van der Waals surface area contributed by atoms with Crippen molar-refractivity contribution < 1.29 is 14.3 Å². The normalized spacial score (nSPS) is 9.20. The van der Waals surface area contributed by atoms with Gasteiger partial charge in [-0.15, -0.1) is 12.6 Å². The Balaban J connectivity index is 3.33. The highest BCUT2D eigenvalue weighted by Crippen LogP contribution is 2.28. The number of hydrogen-bond acceptors (Lipinski definition) is 5. The molecule has 78 valence electrons. The summed E-state index contributed by atoms with van der Waals surface area (Å²) in [5.74, 6) is -0.155. The maximum absolute atomic E-state index is 11.2. The lowest BCUT2D eigenvalue weighted by molar-refractivity contribution is 0.0600. The fourth-order valence-electron chi connectivity index (χ4n) is 1.15. The predicted octanol–water partition coefficient (Wildman–Crippen LogP) is 1.64. The molecule has 5 heteroatoms. The summed E-state index contributed by atoms with van der Waals surface area (Å²) < 4.78 is 9.53. The lowest BCUT2D eigenvalue weighted by Gasteiger charge is -2.07. The van der Waals surface area contributed by atoms with Crippen LogP contribution in [0.3, 0.4) is 0 Å². The number of rotatable bonds is 2. The average Bonchev–Trinajstić information content (AvgIpc) is 2.26. The molecule has 0 saturated heterocycles. The van der Waals surface area contributed by atoms with E-state index in [9.17, 15) is 4.79 Å². The van der Waals surface area contributed by atoms with Gasteiger partial charge in [-0.1, -0.05) is 0 Å². The van der Waals surface area contributed by atoms with Crippen molar-refractivity contribution in [2.45, 2.75) is 4.90 Å². The topological polar surface area (TPSA) is 59.3 Å². The molecule has 0 saturated carbocycles. The summed E-state index contributed by atoms with van der Waals surface area (Å²) in [7, 11) is 2.71. The van der Waals surface area contributed by atoms with Gasteiger partial charge in [0.15, 0.2) is 0 Å². The van der Waals surface area contributed by atoms with Gasteiger partial charge in [0.2, 0.25) is 0 Å². The smallest absolute Gasteiger partial charge is 0.337 e. The first kappa shape index (κ1) is 11.4. The van der Waals surface area contributed by atoms with Crippen LogP contribution in [-0.4, -0.2) is 20.2 Å². The van der Waals surface area contributed by atoms with Crippen molar-refractivity contribution in [1.82, 2.24) is 0 Å². The van der Waals surface area contributed by atoms with E-state index in [1.54, 1.807) is 0 Å². The van der Waals surface area contributed by atoms with Crippen molar-refractivity contribution in [3.05, 3.63) is 23.3 Å². The van der Waals surface area contributed by atoms with Crippen LogP contribution in [0.15, 0.2) is 17.0 Å². The summed E-state index contributed by atoms with van der Waals surface area (Å²) >= 11 is 4.12. The van der Waals surface area contributed by atoms with Crippen LogP contribution >= 0.6 is 12.6 Å². The second-order valence-electron chi connectivity index (χ2n) is 2.68. The fraction of sp³-hybridized carbons (Fsp3) is 0.200. The summed E-state index contributed by atoms with van der Waals surface area (Å²) in [5, 5.41) is 8.84. The molecule has 0 spiro atoms. The number of thiol groups is 1. The van der Waals surface area contributed by atoms with E-state index in [-0.39, 0.29) is 11.1 Å². The second-order valence-corrected chi connectivity index (χ2v) is 3.16. The first-order chi connectivity index (χ1) is 7.13. The number of benzene rings is 1. The third-order valence-corrected chi connectivity index (χ3v) is 2.15. The van der Waals surface area contributed by atoms with Crippen LogP contribution in [0.5, 0.6) is 5.75 Å². The average molecular weight is 223 g/mol. The number of carbonyl (C=O) groups excluding carboxylic acids is 1. The van der Waals surface area contributed by atoms with Crippen LogP contribution < -0.4 is 4.74 Å². The molecule has 0 N–H and O–H groups in total. The van der Waals surface area contributed by atoms with E-state index in [0.717, 1.165) is 0 Å². The van der Waals surface area contributed by atoms with E-state index in [1.165, 1.54) is 26.4 Å². The maximum atomic E-state index is 11.2. The highest BCUT2D eigenvalue weighted by molar-refractivity contribution is 7.80. The number of methoxy groups -OCH3 is 2. The van der Waals surface area contributed by atoms with E-state index < -0.39 is 5.97 Å². The molecule has 15 heavy (non-hydrogen) atoms. The zero-order valence-corrected chi connectivity index (χ0v) is 9.17. The Morgan fingerprint density at radius 3 is 2.60 bits per heavy atom. The molecular formula is C10H9NO3S. The summed E-state index contributed by atoms with van der Waals surface area (Å²) in [6, 6.07) is 4.83. The molecule has 1 aromatic carbocycles. The zero-order chi connectivity index (χ0) is 11.4. The van der Waals surface area contributed by atoms with Gasteiger partial charge in [-0.25, -0.2) is 4.79 Å². The van der Waals surface area contributed by atoms with Gasteiger partial charge in [0.1, 0.15) is 11.8 Å². The molecule has 0 aromatic heterocycles. The molecule has 0 amide bonds. The van der Waals surface area contributed by atoms with Gasteiger partial charge in [-0.3, -0.25) is 0 Å². The molecule has 0 bridgehead atoms. The molecule has 0 radical (unpaired) electrons. The van der Waals surface area contributed by atoms with Crippen molar-refractivity contribution in [2.24, 2.45) is 0 Å². The molecule has 4 nitrogen and oxygen atoms in total. The van der Waals surface area contributed by atoms with E-state index in [4.69, 9.17) is 10.00 Å². The number of ether oxygens (including phenoxy) is 2. The van der Waals surface area contributed by atoms with E-state index in [1.807, 2.05) is 6.07 Å². The SMILES string of the molecule is COC(=O)c1cc(S)c(OC)c(C#N)c1. The Morgan fingerprint density at radius 1 is 1.47 bits per heavy atom. The van der Waals surface area contributed by atoms with Gasteiger partial charge >= 0.3 is 5.97 Å². The molecule has 0 aliphatic carbocycles. The van der Waals surface area contributed by atoms with Gasteiger partial charge in [0.25, 0.3) is 0 Å². The summed E-state index contributed by atoms with van der Waals surface area (Å²) in [4.78, 5) is 11.7. The van der Waals surface area contributed by atoms with Crippen LogP contribution in [0.25, 0.3) is 0 Å². The third-order valence-electron chi connectivity index (χ3n) is 1.81. The van der Waals surface area contributed by atoms with Crippen LogP contribution in [0.1, 0.15) is 15.9 Å². The van der Waals surface area contributed by atoms with Crippen LogP contribution in [-0.2, 0) is 4.74 Å². The second kappa shape index (κ2) is 4.71. The molecule has 0 heterocycles. The fourth-order valence-corrected chi connectivity index (χ4v) is 1.50. The Kier molecular flexibility index (Phi) is 3.58. The monoisotopic (exact) mass is 223 g/mol. The number of hydrogen-bond donors (Lipinski definition) is 1. The van der Waals surface area contributed by atoms with Crippen molar-refractivity contribution in [2.75, 3.05) is 14.2 Å². The predicted molar refractivity (Wildman–Crippen MR) is 56.3 cm³/mol. The van der Waals surface area contributed by atoms with Gasteiger partial charge < -0.3 is 9.47 Å². The summed E-state index contributed by atoms with van der Waals surface area (Å²) in [6.45, 7) is 0. The Morgan fingerprint density at radius 2 is 2.13 bits per heavy atom. The molecule has 0 aliphatic heterocycles. The molecular weight excluding hydrogens is 214 g/mol. The highest BCUT2D eigenvalue weighted by Gasteiger charge is 2.13. The maximum Gasteiger partial charge on any atom is 0.337 e. The van der Waals surface area contributed by atoms with Crippen molar-refractivity contribution >= 4 is 18.6 Å². The Labute approximate surface area is 92.8 Å². The largest absolute Gasteiger partial charge is 0.494 e. The highest BCUT2D eigenvalue weighted by atomic mass is 32.1. The molecule has 0 aliphatic rings. The van der Waals surface area contributed by atoms with Crippen LogP contribution in [0.4, 0.5) is 0 Å². The minimum atomic E-state index is -0.510. The number of esters is 1. The van der Waals surface area contributed by atoms with Gasteiger partial charge in [-0.05, 0) is 12.1 Å². The lowest BCUT2D eigenvalue weighted by atomic mass is 10.1. The molecule has 0 fully saturated rings. The molecule has 0 unspecified atom stereocenters. The minimum Gasteiger partial charge on any atom is -0.494 e. The zero-order valence-electron chi connectivity index (χ0n) is 8.27. The van der Waals surface area contributed by atoms with Crippen molar-refractivity contribution in [1.29, 1.82) is 5.26 Å². The Hall–Kier alpha value is -1.67. The third kappa shape index (κ3) is 2.22. The van der Waals surface area contributed by atoms with Gasteiger partial charge in [-0.2, -0.15) is 5.26 Å². The summed E-state index contributed by atoms with van der Waals surface area (Å²) in [5.41, 5.74) is 0.533. The minimum absolute atomic E-state index is 0.255. The molecule has 0 atom stereocenters. The molecule has 1 rings (SSSR count). The van der Waals surface area contributed by atoms with E-state index >= 15 is 0 Å². The number of nitriles is 1. The first-order valence-corrected chi connectivity index (χ1v) is 4.48. The van der Waals surface area contributed by atoms with Gasteiger partial charge in [0, 0.05) is 4.90 Å². The van der Waals surface area contributed by atoms with Crippen molar-refractivity contribution in [3.8, 4) is 11.8 Å². The van der Waals surface area contributed by atoms with E-state index in [0.29, 0.717) is 10.6 Å². The number of nitrogens with zero attached hydrogens (tertiary/aromatic N) is 1. The van der Waals surface area contributed by atoms with Crippen molar-refractivity contribution in [3.63, 3.8) is 0 Å². The Bertz CT molecular complexity index is 437. The molecule has 1 aromatic rings. The lowest BCUT2D eigenvalue weighted by Crippen LogP contribution is -2.03. The van der Waals surface area contributed by atoms with Crippen LogP contribution in [0, 0.1) is 11.3 Å². The standard InChI is InChI=1S/C10H9NO3S/c1-13-9-7(5-11)3-6(4-8(9)15)10(12)14-2/h3-4,15H,1-2H3. The first-order valence-electron chi connectivity index (χ1n) is 4.03. The van der Waals surface area contributed by atoms with E-state index in [2.05, 4.69) is 17.4 Å². The van der Waals surface area contributed by atoms with Gasteiger partial charge in [0.05, 0.1) is 25.3 Å².